The number of ether oxygens (including phenoxy) is 2. The Hall–Kier alpha value is -4.82. The molecule has 41 heavy (non-hydrogen) atoms. The van der Waals surface area contributed by atoms with Gasteiger partial charge < -0.3 is 24.2 Å². The number of nitrogens with one attached hydrogen (secondary N) is 1. The molecule has 0 bridgehead atoms. The summed E-state index contributed by atoms with van der Waals surface area (Å²) in [5, 5.41) is 6.76. The number of aromatic nitrogens is 3. The molecule has 4 rings (SSSR count). The number of hydrogen-bond acceptors (Lipinski definition) is 9. The van der Waals surface area contributed by atoms with Gasteiger partial charge in [-0.15, -0.1) is 0 Å². The van der Waals surface area contributed by atoms with Crippen molar-refractivity contribution in [2.45, 2.75) is 38.7 Å². The molecular formula is C26H23F4N5O6. The number of hydrogen-bond donors (Lipinski definition) is 1. The molecule has 15 heteroatoms. The first kappa shape index (κ1) is 29.2. The Balaban J connectivity index is 1.41. The lowest BCUT2D eigenvalue weighted by molar-refractivity contribution is -0.199. The van der Waals surface area contributed by atoms with Gasteiger partial charge in [0.05, 0.1) is 19.3 Å². The molecule has 3 heterocycles. The average molecular weight is 577 g/mol. The van der Waals surface area contributed by atoms with Gasteiger partial charge in [-0.3, -0.25) is 9.59 Å². The number of rotatable bonds is 9. The summed E-state index contributed by atoms with van der Waals surface area (Å²) in [5.41, 5.74) is 1.38. The van der Waals surface area contributed by atoms with Gasteiger partial charge in [-0.1, -0.05) is 11.2 Å². The van der Waals surface area contributed by atoms with Gasteiger partial charge in [-0.2, -0.15) is 13.2 Å². The van der Waals surface area contributed by atoms with Crippen LogP contribution in [0.3, 0.4) is 0 Å². The zero-order valence-corrected chi connectivity index (χ0v) is 21.7. The van der Waals surface area contributed by atoms with Gasteiger partial charge >= 0.3 is 12.1 Å². The third kappa shape index (κ3) is 7.23. The number of carbonyl (C=O) groups excluding carboxylic acids is 2. The summed E-state index contributed by atoms with van der Waals surface area (Å²) in [5.74, 6) is -3.03. The number of nitrogens with zero attached hydrogens (tertiary/aromatic N) is 4. The SMILES string of the molecule is COc1cc(CNC(=O)c2cc(C3=NOC(c4ccc(=O)n(CCOC(=O)C(F)(F)F)c4)C3)nc(C)n2)ccc1F. The summed E-state index contributed by atoms with van der Waals surface area (Å²) in [4.78, 5) is 49.8. The highest BCUT2D eigenvalue weighted by atomic mass is 19.4. The van der Waals surface area contributed by atoms with E-state index in [1.165, 1.54) is 49.7 Å². The van der Waals surface area contributed by atoms with Crippen LogP contribution in [0.25, 0.3) is 0 Å². The topological polar surface area (TPSA) is 134 Å². The summed E-state index contributed by atoms with van der Waals surface area (Å²) in [7, 11) is 1.34. The van der Waals surface area contributed by atoms with E-state index in [9.17, 15) is 31.9 Å². The molecule has 0 radical (unpaired) electrons. The van der Waals surface area contributed by atoms with Crippen LogP contribution in [0.5, 0.6) is 5.75 Å². The summed E-state index contributed by atoms with van der Waals surface area (Å²) in [6.07, 6.45) is -4.21. The number of methoxy groups -OCH3 is 1. The molecule has 1 unspecified atom stereocenters. The second-order valence-corrected chi connectivity index (χ2v) is 8.80. The van der Waals surface area contributed by atoms with Crippen LogP contribution >= 0.6 is 0 Å². The molecule has 2 aromatic heterocycles. The second kappa shape index (κ2) is 12.1. The molecule has 3 aromatic rings. The van der Waals surface area contributed by atoms with Crippen molar-refractivity contribution in [3.05, 3.63) is 87.1 Å². The van der Waals surface area contributed by atoms with Crippen LogP contribution < -0.4 is 15.6 Å². The third-order valence-electron chi connectivity index (χ3n) is 5.88. The monoisotopic (exact) mass is 577 g/mol. The third-order valence-corrected chi connectivity index (χ3v) is 5.88. The van der Waals surface area contributed by atoms with Gasteiger partial charge in [0.25, 0.3) is 11.5 Å². The summed E-state index contributed by atoms with van der Waals surface area (Å²) in [6.45, 7) is 0.726. The van der Waals surface area contributed by atoms with E-state index >= 15 is 0 Å². The first-order chi connectivity index (χ1) is 19.4. The van der Waals surface area contributed by atoms with E-state index in [1.54, 1.807) is 6.92 Å². The lowest BCUT2D eigenvalue weighted by atomic mass is 10.0. The number of carbonyl (C=O) groups is 2. The van der Waals surface area contributed by atoms with Crippen molar-refractivity contribution >= 4 is 17.6 Å². The first-order valence-corrected chi connectivity index (χ1v) is 12.1. The maximum absolute atomic E-state index is 13.6. The quantitative estimate of drug-likeness (QED) is 0.303. The van der Waals surface area contributed by atoms with E-state index in [2.05, 4.69) is 25.2 Å². The maximum Gasteiger partial charge on any atom is 0.490 e. The molecule has 0 spiro atoms. The molecule has 0 saturated carbocycles. The number of benzene rings is 1. The smallest absolute Gasteiger partial charge is 0.490 e. The van der Waals surface area contributed by atoms with Crippen molar-refractivity contribution in [3.8, 4) is 5.75 Å². The van der Waals surface area contributed by atoms with Crippen molar-refractivity contribution in [1.82, 2.24) is 19.9 Å². The fourth-order valence-electron chi connectivity index (χ4n) is 3.86. The van der Waals surface area contributed by atoms with E-state index in [-0.39, 0.29) is 31.0 Å². The molecule has 1 amide bonds. The van der Waals surface area contributed by atoms with Crippen molar-refractivity contribution < 1.29 is 41.5 Å². The largest absolute Gasteiger partial charge is 0.494 e. The molecule has 11 nitrogen and oxygen atoms in total. The van der Waals surface area contributed by atoms with Gasteiger partial charge in [0, 0.05) is 30.8 Å². The standard InChI is InChI=1S/C26H23F4N5O6/c1-14-32-18(10-20(33-14)24(37)31-12-15-3-5-17(27)22(9-15)39-2)19-11-21(41-34-19)16-4-6-23(36)35(13-16)7-8-40-25(38)26(28,29)30/h3-6,9-10,13,21H,7-8,11-12H2,1-2H3,(H,31,37). The highest BCUT2D eigenvalue weighted by molar-refractivity contribution is 6.02. The predicted molar refractivity (Wildman–Crippen MR) is 134 cm³/mol. The van der Waals surface area contributed by atoms with Crippen LogP contribution in [0.2, 0.25) is 0 Å². The van der Waals surface area contributed by atoms with Crippen molar-refractivity contribution in [1.29, 1.82) is 0 Å². The van der Waals surface area contributed by atoms with Crippen LogP contribution in [0.15, 0.2) is 52.5 Å². The van der Waals surface area contributed by atoms with Crippen LogP contribution in [0.1, 0.15) is 45.7 Å². The molecule has 1 aromatic carbocycles. The zero-order valence-electron chi connectivity index (χ0n) is 21.7. The van der Waals surface area contributed by atoms with Gasteiger partial charge in [-0.25, -0.2) is 19.2 Å². The van der Waals surface area contributed by atoms with Crippen molar-refractivity contribution in [2.75, 3.05) is 13.7 Å². The Morgan fingerprint density at radius 3 is 2.68 bits per heavy atom. The second-order valence-electron chi connectivity index (χ2n) is 8.80. The normalized spacial score (nSPS) is 14.7. The zero-order chi connectivity index (χ0) is 29.7. The predicted octanol–water partition coefficient (Wildman–Crippen LogP) is 3.00. The number of pyridine rings is 1. The molecule has 1 aliphatic rings. The molecule has 1 atom stereocenters. The Morgan fingerprint density at radius 2 is 1.95 bits per heavy atom. The number of esters is 1. The fourth-order valence-corrected chi connectivity index (χ4v) is 3.86. The molecule has 1 aliphatic heterocycles. The lowest BCUT2D eigenvalue weighted by Gasteiger charge is -2.12. The van der Waals surface area contributed by atoms with Gasteiger partial charge in [-0.05, 0) is 36.8 Å². The van der Waals surface area contributed by atoms with Gasteiger partial charge in [0.2, 0.25) is 0 Å². The van der Waals surface area contributed by atoms with Crippen molar-refractivity contribution in [2.24, 2.45) is 5.16 Å². The van der Waals surface area contributed by atoms with Crippen molar-refractivity contribution in [3.63, 3.8) is 0 Å². The van der Waals surface area contributed by atoms with E-state index in [1.807, 2.05) is 0 Å². The highest BCUT2D eigenvalue weighted by Crippen LogP contribution is 2.29. The minimum absolute atomic E-state index is 0.0472. The summed E-state index contributed by atoms with van der Waals surface area (Å²) < 4.78 is 60.8. The number of aryl methyl sites for hydroxylation is 1. The lowest BCUT2D eigenvalue weighted by Crippen LogP contribution is -2.28. The Morgan fingerprint density at radius 1 is 1.17 bits per heavy atom. The van der Waals surface area contributed by atoms with Crippen LogP contribution in [-0.4, -0.2) is 52.0 Å². The minimum atomic E-state index is -5.13. The molecule has 1 N–H and O–H groups in total. The maximum atomic E-state index is 13.6. The molecule has 216 valence electrons. The Labute approximate surface area is 229 Å². The van der Waals surface area contributed by atoms with E-state index < -0.39 is 42.1 Å². The average Bonchev–Trinajstić information content (AvgIpc) is 3.43. The molecule has 0 aliphatic carbocycles. The number of oxime groups is 1. The first-order valence-electron chi connectivity index (χ1n) is 12.1. The Kier molecular flexibility index (Phi) is 8.64. The van der Waals surface area contributed by atoms with Gasteiger partial charge in [0.1, 0.15) is 23.8 Å². The van der Waals surface area contributed by atoms with Crippen LogP contribution in [-0.2, 0) is 27.5 Å². The number of halogens is 4. The van der Waals surface area contributed by atoms with E-state index in [0.29, 0.717) is 28.4 Å². The van der Waals surface area contributed by atoms with Crippen LogP contribution in [0, 0.1) is 12.7 Å². The Bertz CT molecular complexity index is 1560. The fraction of sp³-hybridized carbons (Fsp3) is 0.308. The molecule has 0 saturated heterocycles. The van der Waals surface area contributed by atoms with Gasteiger partial charge in [0.15, 0.2) is 17.7 Å². The molecular weight excluding hydrogens is 554 g/mol. The van der Waals surface area contributed by atoms with Crippen LogP contribution in [0.4, 0.5) is 17.6 Å². The van der Waals surface area contributed by atoms with E-state index in [0.717, 1.165) is 4.57 Å². The highest BCUT2D eigenvalue weighted by Gasteiger charge is 2.40. The number of amides is 1. The number of alkyl halides is 3. The summed E-state index contributed by atoms with van der Waals surface area (Å²) >= 11 is 0. The minimum Gasteiger partial charge on any atom is -0.494 e. The molecule has 0 fully saturated rings. The van der Waals surface area contributed by atoms with E-state index in [4.69, 9.17) is 9.57 Å². The summed E-state index contributed by atoms with van der Waals surface area (Å²) in [6, 6.07) is 8.34.